The van der Waals surface area contributed by atoms with E-state index in [-0.39, 0.29) is 36.1 Å². The number of benzene rings is 1. The molecule has 1 aromatic carbocycles. The number of fused-ring (bicyclic) bond motifs is 3. The second kappa shape index (κ2) is 14.5. The Hall–Kier alpha value is -3.92. The number of hydrogen-bond donors (Lipinski definition) is 1. The van der Waals surface area contributed by atoms with Crippen LogP contribution in [0.1, 0.15) is 31.0 Å². The Kier molecular flexibility index (Phi) is 10.3. The van der Waals surface area contributed by atoms with Gasteiger partial charge >= 0.3 is 0 Å². The molecule has 10 nitrogen and oxygen atoms in total. The number of rotatable bonds is 6. The average molecular weight is 589 g/mol. The van der Waals surface area contributed by atoms with Crippen LogP contribution < -0.4 is 15.0 Å². The van der Waals surface area contributed by atoms with E-state index in [9.17, 15) is 14.4 Å². The molecule has 43 heavy (non-hydrogen) atoms. The molecule has 10 heteroatoms. The van der Waals surface area contributed by atoms with Gasteiger partial charge in [-0.2, -0.15) is 0 Å². The topological polar surface area (TPSA) is 98.3 Å². The number of carbonyl (C=O) groups excluding carboxylic acids is 3. The van der Waals surface area contributed by atoms with Gasteiger partial charge in [0.2, 0.25) is 17.7 Å². The van der Waals surface area contributed by atoms with Crippen molar-refractivity contribution in [3.05, 3.63) is 66.0 Å². The van der Waals surface area contributed by atoms with Gasteiger partial charge < -0.3 is 29.7 Å². The van der Waals surface area contributed by atoms with E-state index < -0.39 is 0 Å². The summed E-state index contributed by atoms with van der Waals surface area (Å²) in [5.74, 6) is 1.31. The number of aromatic nitrogens is 1. The smallest absolute Gasteiger partial charge is 0.236 e. The molecular formula is C33H44N6O4. The molecule has 0 spiro atoms. The Morgan fingerprint density at radius 2 is 1.88 bits per heavy atom. The number of hydrogen-bond acceptors (Lipinski definition) is 7. The highest BCUT2D eigenvalue weighted by Crippen LogP contribution is 2.30. The number of amides is 3. The SMILES string of the molecule is CC(=O)N1CCN(C(=O)C[C@@H]2CCN3C[C@@H]2C=CCOc2ccc(N(C)CCc4ccccn4)cc2CNCC3=O)CC1. The summed E-state index contributed by atoms with van der Waals surface area (Å²) in [6, 6.07) is 12.2. The summed E-state index contributed by atoms with van der Waals surface area (Å²) in [5.41, 5.74) is 3.15. The number of nitrogens with zero attached hydrogens (tertiary/aromatic N) is 5. The van der Waals surface area contributed by atoms with E-state index in [0.717, 1.165) is 42.1 Å². The van der Waals surface area contributed by atoms with Gasteiger partial charge in [-0.25, -0.2) is 0 Å². The van der Waals surface area contributed by atoms with Gasteiger partial charge in [0.1, 0.15) is 12.4 Å². The molecule has 230 valence electrons. The quantitative estimate of drug-likeness (QED) is 0.518. The molecule has 3 aliphatic heterocycles. The molecule has 2 fully saturated rings. The third kappa shape index (κ3) is 8.13. The zero-order valence-corrected chi connectivity index (χ0v) is 25.4. The minimum atomic E-state index is 0.0574. The zero-order valence-electron chi connectivity index (χ0n) is 25.4. The minimum Gasteiger partial charge on any atom is -0.489 e. The molecule has 2 bridgehead atoms. The first-order chi connectivity index (χ1) is 20.9. The fraction of sp³-hybridized carbons (Fsp3) is 0.515. The molecule has 2 aromatic rings. The fourth-order valence-corrected chi connectivity index (χ4v) is 6.18. The van der Waals surface area contributed by atoms with Crippen LogP contribution in [0.3, 0.4) is 0 Å². The lowest BCUT2D eigenvalue weighted by molar-refractivity contribution is -0.140. The number of pyridine rings is 1. The number of anilines is 1. The summed E-state index contributed by atoms with van der Waals surface area (Å²) in [7, 11) is 2.07. The summed E-state index contributed by atoms with van der Waals surface area (Å²) in [4.78, 5) is 50.3. The standard InChI is InChI=1S/C33H44N6O4/c1-25(40)37-15-17-38(18-16-37)32(41)21-26-10-14-39-24-27(26)6-5-19-43-31-9-8-30(20-28(31)22-34-23-33(39)42)36(2)13-11-29-7-3-4-12-35-29/h3-9,12,20,26-27,34H,10-11,13-19,21-24H2,1-2H3/t26-,27-/m0/s1. The van der Waals surface area contributed by atoms with Gasteiger partial charge in [0.25, 0.3) is 0 Å². The maximum atomic E-state index is 13.2. The van der Waals surface area contributed by atoms with Crippen LogP contribution in [0.25, 0.3) is 0 Å². The van der Waals surface area contributed by atoms with Gasteiger partial charge in [0, 0.05) is 102 Å². The van der Waals surface area contributed by atoms with Gasteiger partial charge in [-0.3, -0.25) is 19.4 Å². The molecule has 2 atom stereocenters. The van der Waals surface area contributed by atoms with Crippen molar-refractivity contribution in [2.24, 2.45) is 11.8 Å². The van der Waals surface area contributed by atoms with Crippen molar-refractivity contribution in [3.63, 3.8) is 0 Å². The maximum Gasteiger partial charge on any atom is 0.236 e. The van der Waals surface area contributed by atoms with Crippen molar-refractivity contribution in [1.82, 2.24) is 25.0 Å². The summed E-state index contributed by atoms with van der Waals surface area (Å²) >= 11 is 0. The van der Waals surface area contributed by atoms with Crippen molar-refractivity contribution in [2.45, 2.75) is 32.7 Å². The van der Waals surface area contributed by atoms with E-state index in [1.54, 1.807) is 11.8 Å². The van der Waals surface area contributed by atoms with E-state index in [1.165, 1.54) is 0 Å². The van der Waals surface area contributed by atoms with Crippen molar-refractivity contribution in [3.8, 4) is 5.75 Å². The van der Waals surface area contributed by atoms with Crippen LogP contribution in [0.2, 0.25) is 0 Å². The number of likely N-dealkylation sites (N-methyl/N-ethyl adjacent to an activating group) is 1. The Morgan fingerprint density at radius 3 is 2.65 bits per heavy atom. The predicted molar refractivity (Wildman–Crippen MR) is 166 cm³/mol. The van der Waals surface area contributed by atoms with Crippen LogP contribution in [0.4, 0.5) is 5.69 Å². The van der Waals surface area contributed by atoms with E-state index in [0.29, 0.717) is 58.8 Å². The molecule has 2 saturated heterocycles. The third-order valence-corrected chi connectivity index (χ3v) is 8.90. The highest BCUT2D eigenvalue weighted by molar-refractivity contribution is 5.79. The van der Waals surface area contributed by atoms with Crippen LogP contribution in [0.15, 0.2) is 54.7 Å². The van der Waals surface area contributed by atoms with Crippen molar-refractivity contribution in [2.75, 3.05) is 70.9 Å². The zero-order chi connectivity index (χ0) is 30.2. The molecule has 1 aromatic heterocycles. The molecular weight excluding hydrogens is 544 g/mol. The van der Waals surface area contributed by atoms with Crippen LogP contribution in [0.5, 0.6) is 5.75 Å². The molecule has 5 rings (SSSR count). The predicted octanol–water partition coefficient (Wildman–Crippen LogP) is 2.34. The summed E-state index contributed by atoms with van der Waals surface area (Å²) in [6.07, 6.45) is 8.08. The average Bonchev–Trinajstić information content (AvgIpc) is 3.04. The van der Waals surface area contributed by atoms with Gasteiger partial charge in [0.15, 0.2) is 0 Å². The van der Waals surface area contributed by atoms with Crippen molar-refractivity contribution in [1.29, 1.82) is 0 Å². The van der Waals surface area contributed by atoms with Gasteiger partial charge in [-0.15, -0.1) is 0 Å². The first-order valence-electron chi connectivity index (χ1n) is 15.4. The Morgan fingerprint density at radius 1 is 1.07 bits per heavy atom. The number of carbonyl (C=O) groups is 3. The molecule has 4 heterocycles. The van der Waals surface area contributed by atoms with Gasteiger partial charge in [-0.1, -0.05) is 18.2 Å². The Bertz CT molecular complexity index is 1290. The monoisotopic (exact) mass is 588 g/mol. The first-order valence-corrected chi connectivity index (χ1v) is 15.4. The van der Waals surface area contributed by atoms with E-state index in [4.69, 9.17) is 4.74 Å². The lowest BCUT2D eigenvalue weighted by atomic mass is 9.82. The fourth-order valence-electron chi connectivity index (χ4n) is 6.18. The van der Waals surface area contributed by atoms with Crippen molar-refractivity contribution < 1.29 is 19.1 Å². The number of piperidine rings is 1. The molecule has 0 radical (unpaired) electrons. The maximum absolute atomic E-state index is 13.2. The molecule has 1 N–H and O–H groups in total. The lowest BCUT2D eigenvalue weighted by Gasteiger charge is -2.39. The van der Waals surface area contributed by atoms with Gasteiger partial charge in [-0.05, 0) is 48.6 Å². The molecule has 0 unspecified atom stereocenters. The number of piperazine rings is 1. The van der Waals surface area contributed by atoms with Crippen LogP contribution in [-0.4, -0.2) is 103 Å². The number of nitrogens with one attached hydrogen (secondary N) is 1. The second-order valence-electron chi connectivity index (χ2n) is 11.8. The van der Waals surface area contributed by atoms with E-state index >= 15 is 0 Å². The van der Waals surface area contributed by atoms with Crippen LogP contribution >= 0.6 is 0 Å². The Labute approximate surface area is 254 Å². The van der Waals surface area contributed by atoms with Gasteiger partial charge in [0.05, 0.1) is 6.54 Å². The first kappa shape index (κ1) is 30.5. The summed E-state index contributed by atoms with van der Waals surface area (Å²) < 4.78 is 6.21. The largest absolute Gasteiger partial charge is 0.489 e. The third-order valence-electron chi connectivity index (χ3n) is 8.90. The molecule has 0 aliphatic carbocycles. The molecule has 3 aliphatic rings. The lowest BCUT2D eigenvalue weighted by Crippen LogP contribution is -2.51. The summed E-state index contributed by atoms with van der Waals surface area (Å²) in [6.45, 7) is 7.19. The van der Waals surface area contributed by atoms with Crippen LogP contribution in [0, 0.1) is 11.8 Å². The van der Waals surface area contributed by atoms with E-state index in [2.05, 4.69) is 40.5 Å². The highest BCUT2D eigenvalue weighted by atomic mass is 16.5. The summed E-state index contributed by atoms with van der Waals surface area (Å²) in [5, 5.41) is 3.35. The van der Waals surface area contributed by atoms with Crippen LogP contribution in [-0.2, 0) is 27.3 Å². The van der Waals surface area contributed by atoms with E-state index in [1.807, 2.05) is 46.3 Å². The minimum absolute atomic E-state index is 0.0574. The highest BCUT2D eigenvalue weighted by Gasteiger charge is 2.33. The molecule has 3 amide bonds. The Balaban J connectivity index is 1.22. The second-order valence-corrected chi connectivity index (χ2v) is 11.8. The normalized spacial score (nSPS) is 21.2. The molecule has 0 saturated carbocycles. The van der Waals surface area contributed by atoms with Crippen molar-refractivity contribution >= 4 is 23.4 Å². The number of ether oxygens (including phenoxy) is 1.